The van der Waals surface area contributed by atoms with Gasteiger partial charge in [-0.15, -0.1) is 6.58 Å². The molecule has 1 aliphatic rings. The second-order valence-corrected chi connectivity index (χ2v) is 7.70. The summed E-state index contributed by atoms with van der Waals surface area (Å²) in [6.45, 7) is 13.6. The average molecular weight is 311 g/mol. The van der Waals surface area contributed by atoms with Crippen molar-refractivity contribution in [2.45, 2.75) is 90.5 Å². The normalized spacial score (nSPS) is 26.1. The van der Waals surface area contributed by atoms with Crippen LogP contribution in [0.15, 0.2) is 12.7 Å². The molecule has 4 nitrogen and oxygen atoms in total. The summed E-state index contributed by atoms with van der Waals surface area (Å²) in [7, 11) is 0. The number of rotatable bonds is 5. The molecule has 0 aromatic carbocycles. The van der Waals surface area contributed by atoms with Crippen molar-refractivity contribution in [3.63, 3.8) is 0 Å². The Labute approximate surface area is 135 Å². The van der Waals surface area contributed by atoms with Gasteiger partial charge in [-0.05, 0) is 58.8 Å². The Bertz CT molecular complexity index is 373. The molecular formula is C18H33NO3. The van der Waals surface area contributed by atoms with Gasteiger partial charge in [-0.1, -0.05) is 19.9 Å². The van der Waals surface area contributed by atoms with E-state index in [1.807, 2.05) is 31.7 Å². The standard InChI is InChI=1S/C18H33NO3/c1-7-8-9-10-14-11-15(20)12-16(13(2)3)19(14)17(21)22-18(4,5)6/h7,13-16,20H,1,8-12H2,2-6H3/t14-,15?,16-/m1/s1. The number of aliphatic hydroxyl groups excluding tert-OH is 1. The highest BCUT2D eigenvalue weighted by molar-refractivity contribution is 5.69. The van der Waals surface area contributed by atoms with Crippen LogP contribution in [0.3, 0.4) is 0 Å². The number of aliphatic hydroxyl groups is 1. The number of carbonyl (C=O) groups excluding carboxylic acids is 1. The number of piperidine rings is 1. The van der Waals surface area contributed by atoms with Crippen LogP contribution >= 0.6 is 0 Å². The molecule has 1 amide bonds. The largest absolute Gasteiger partial charge is 0.444 e. The summed E-state index contributed by atoms with van der Waals surface area (Å²) in [4.78, 5) is 14.6. The molecule has 0 bridgehead atoms. The van der Waals surface area contributed by atoms with Crippen LogP contribution in [-0.4, -0.2) is 39.9 Å². The summed E-state index contributed by atoms with van der Waals surface area (Å²) < 4.78 is 5.61. The molecule has 0 radical (unpaired) electrons. The molecule has 0 aromatic rings. The topological polar surface area (TPSA) is 49.8 Å². The summed E-state index contributed by atoms with van der Waals surface area (Å²) in [6, 6.07) is 0.0817. The van der Waals surface area contributed by atoms with Crippen molar-refractivity contribution in [2.24, 2.45) is 5.92 Å². The third kappa shape index (κ3) is 5.64. The maximum atomic E-state index is 12.7. The fourth-order valence-electron chi connectivity index (χ4n) is 3.13. The quantitative estimate of drug-likeness (QED) is 0.613. The summed E-state index contributed by atoms with van der Waals surface area (Å²) in [5.74, 6) is 0.296. The molecule has 22 heavy (non-hydrogen) atoms. The fourth-order valence-corrected chi connectivity index (χ4v) is 3.13. The van der Waals surface area contributed by atoms with Gasteiger partial charge in [0.05, 0.1) is 6.10 Å². The molecule has 1 rings (SSSR count). The Morgan fingerprint density at radius 3 is 2.55 bits per heavy atom. The van der Waals surface area contributed by atoms with E-state index in [0.717, 1.165) is 19.3 Å². The third-order valence-corrected chi connectivity index (χ3v) is 4.13. The van der Waals surface area contributed by atoms with Crippen molar-refractivity contribution in [3.05, 3.63) is 12.7 Å². The van der Waals surface area contributed by atoms with Crippen LogP contribution in [0.1, 0.15) is 66.7 Å². The second-order valence-electron chi connectivity index (χ2n) is 7.70. The molecule has 1 unspecified atom stereocenters. The predicted molar refractivity (Wildman–Crippen MR) is 89.8 cm³/mol. The van der Waals surface area contributed by atoms with Gasteiger partial charge in [-0.3, -0.25) is 0 Å². The average Bonchev–Trinajstić information content (AvgIpc) is 2.35. The van der Waals surface area contributed by atoms with E-state index in [-0.39, 0.29) is 24.3 Å². The van der Waals surface area contributed by atoms with E-state index in [1.165, 1.54) is 0 Å². The number of carbonyl (C=O) groups is 1. The summed E-state index contributed by atoms with van der Waals surface area (Å²) in [5.41, 5.74) is -0.500. The molecule has 4 heteroatoms. The second kappa shape index (κ2) is 8.00. The zero-order chi connectivity index (χ0) is 16.9. The van der Waals surface area contributed by atoms with Crippen LogP contribution in [0, 0.1) is 5.92 Å². The minimum absolute atomic E-state index is 0.0346. The molecule has 0 aliphatic carbocycles. The first-order valence-corrected chi connectivity index (χ1v) is 8.46. The minimum atomic E-state index is -0.500. The van der Waals surface area contributed by atoms with Gasteiger partial charge in [0, 0.05) is 12.1 Å². The third-order valence-electron chi connectivity index (χ3n) is 4.13. The van der Waals surface area contributed by atoms with Crippen molar-refractivity contribution >= 4 is 6.09 Å². The van der Waals surface area contributed by atoms with E-state index in [4.69, 9.17) is 4.74 Å². The molecule has 0 saturated carbocycles. The number of hydrogen-bond donors (Lipinski definition) is 1. The molecule has 1 fully saturated rings. The van der Waals surface area contributed by atoms with Crippen molar-refractivity contribution in [3.8, 4) is 0 Å². The first kappa shape index (κ1) is 19.0. The SMILES string of the molecule is C=CCCC[C@@H]1CC(O)C[C@H](C(C)C)N1C(=O)OC(C)(C)C. The summed E-state index contributed by atoms with van der Waals surface area (Å²) >= 11 is 0. The molecule has 1 aliphatic heterocycles. The molecule has 0 aromatic heterocycles. The number of amides is 1. The molecule has 1 heterocycles. The number of hydrogen-bond acceptors (Lipinski definition) is 3. The van der Waals surface area contributed by atoms with Crippen LogP contribution in [0.25, 0.3) is 0 Å². The Morgan fingerprint density at radius 2 is 2.05 bits per heavy atom. The summed E-state index contributed by atoms with van der Waals surface area (Å²) in [6.07, 6.45) is 5.38. The number of ether oxygens (including phenoxy) is 1. The highest BCUT2D eigenvalue weighted by Crippen LogP contribution is 2.32. The van der Waals surface area contributed by atoms with Gasteiger partial charge in [0.15, 0.2) is 0 Å². The smallest absolute Gasteiger partial charge is 0.410 e. The molecule has 3 atom stereocenters. The van der Waals surface area contributed by atoms with Crippen LogP contribution < -0.4 is 0 Å². The predicted octanol–water partition coefficient (Wildman–Crippen LogP) is 4.13. The Kier molecular flexibility index (Phi) is 6.92. The highest BCUT2D eigenvalue weighted by Gasteiger charge is 2.40. The zero-order valence-corrected chi connectivity index (χ0v) is 14.8. The Hall–Kier alpha value is -1.03. The molecular weight excluding hydrogens is 278 g/mol. The first-order valence-electron chi connectivity index (χ1n) is 8.46. The van der Waals surface area contributed by atoms with Gasteiger partial charge in [0.2, 0.25) is 0 Å². The van der Waals surface area contributed by atoms with E-state index < -0.39 is 5.60 Å². The minimum Gasteiger partial charge on any atom is -0.444 e. The first-order chi connectivity index (χ1) is 10.2. The fraction of sp³-hybridized carbons (Fsp3) is 0.833. The van der Waals surface area contributed by atoms with Gasteiger partial charge >= 0.3 is 6.09 Å². The van der Waals surface area contributed by atoms with Gasteiger partial charge < -0.3 is 14.7 Å². The van der Waals surface area contributed by atoms with E-state index in [0.29, 0.717) is 18.8 Å². The van der Waals surface area contributed by atoms with Crippen LogP contribution in [0.2, 0.25) is 0 Å². The van der Waals surface area contributed by atoms with E-state index in [1.54, 1.807) is 0 Å². The van der Waals surface area contributed by atoms with Crippen molar-refractivity contribution in [1.29, 1.82) is 0 Å². The van der Waals surface area contributed by atoms with Gasteiger partial charge in [-0.2, -0.15) is 0 Å². The summed E-state index contributed by atoms with van der Waals surface area (Å²) in [5, 5.41) is 10.2. The molecule has 1 N–H and O–H groups in total. The molecule has 0 spiro atoms. The number of likely N-dealkylation sites (tertiary alicyclic amines) is 1. The van der Waals surface area contributed by atoms with E-state index >= 15 is 0 Å². The molecule has 128 valence electrons. The van der Waals surface area contributed by atoms with Crippen molar-refractivity contribution in [1.82, 2.24) is 4.90 Å². The maximum absolute atomic E-state index is 12.7. The van der Waals surface area contributed by atoms with E-state index in [2.05, 4.69) is 20.4 Å². The van der Waals surface area contributed by atoms with Gasteiger partial charge in [0.25, 0.3) is 0 Å². The lowest BCUT2D eigenvalue weighted by Crippen LogP contribution is -2.56. The van der Waals surface area contributed by atoms with Gasteiger partial charge in [-0.25, -0.2) is 4.79 Å². The van der Waals surface area contributed by atoms with Crippen LogP contribution in [0.4, 0.5) is 4.79 Å². The number of nitrogens with zero attached hydrogens (tertiary/aromatic N) is 1. The Morgan fingerprint density at radius 1 is 1.41 bits per heavy atom. The Balaban J connectivity index is 2.92. The van der Waals surface area contributed by atoms with E-state index in [9.17, 15) is 9.90 Å². The lowest BCUT2D eigenvalue weighted by molar-refractivity contribution is -0.0414. The van der Waals surface area contributed by atoms with Crippen LogP contribution in [-0.2, 0) is 4.74 Å². The maximum Gasteiger partial charge on any atom is 0.410 e. The highest BCUT2D eigenvalue weighted by atomic mass is 16.6. The lowest BCUT2D eigenvalue weighted by atomic mass is 9.85. The van der Waals surface area contributed by atoms with Crippen molar-refractivity contribution < 1.29 is 14.6 Å². The molecule has 1 saturated heterocycles. The lowest BCUT2D eigenvalue weighted by Gasteiger charge is -2.46. The number of allylic oxidation sites excluding steroid dienone is 1. The monoisotopic (exact) mass is 311 g/mol. The van der Waals surface area contributed by atoms with Crippen LogP contribution in [0.5, 0.6) is 0 Å². The van der Waals surface area contributed by atoms with Crippen molar-refractivity contribution in [2.75, 3.05) is 0 Å². The zero-order valence-electron chi connectivity index (χ0n) is 14.8. The number of unbranched alkanes of at least 4 members (excludes halogenated alkanes) is 1. The van der Waals surface area contributed by atoms with Gasteiger partial charge in [0.1, 0.15) is 5.60 Å².